The van der Waals surface area contributed by atoms with E-state index in [1.165, 1.54) is 12.1 Å². The SMILES string of the molecule is CC(C)Oc1cc(F)cc(NCc2ncc[nH]2)c1. The van der Waals surface area contributed by atoms with Gasteiger partial charge in [0, 0.05) is 30.2 Å². The number of aromatic amines is 1. The first-order chi connectivity index (χ1) is 8.63. The van der Waals surface area contributed by atoms with Gasteiger partial charge in [-0.2, -0.15) is 0 Å². The maximum atomic E-state index is 13.4. The molecule has 2 N–H and O–H groups in total. The van der Waals surface area contributed by atoms with Crippen molar-refractivity contribution in [1.29, 1.82) is 0 Å². The van der Waals surface area contributed by atoms with Gasteiger partial charge in [-0.15, -0.1) is 0 Å². The minimum atomic E-state index is -0.324. The Morgan fingerprint density at radius 1 is 1.39 bits per heavy atom. The summed E-state index contributed by atoms with van der Waals surface area (Å²) in [6.45, 7) is 4.32. The van der Waals surface area contributed by atoms with Crippen molar-refractivity contribution in [2.75, 3.05) is 5.32 Å². The number of halogens is 1. The van der Waals surface area contributed by atoms with Crippen LogP contribution in [0.5, 0.6) is 5.75 Å². The fourth-order valence-electron chi connectivity index (χ4n) is 1.59. The summed E-state index contributed by atoms with van der Waals surface area (Å²) in [6, 6.07) is 4.57. The van der Waals surface area contributed by atoms with Crippen molar-refractivity contribution < 1.29 is 9.13 Å². The molecular formula is C13H16FN3O. The Morgan fingerprint density at radius 2 is 2.22 bits per heavy atom. The average Bonchev–Trinajstić information content (AvgIpc) is 2.77. The monoisotopic (exact) mass is 249 g/mol. The zero-order valence-corrected chi connectivity index (χ0v) is 10.4. The molecule has 0 spiro atoms. The molecule has 2 aromatic rings. The number of rotatable bonds is 5. The van der Waals surface area contributed by atoms with Crippen molar-refractivity contribution in [1.82, 2.24) is 9.97 Å². The average molecular weight is 249 g/mol. The van der Waals surface area contributed by atoms with Crippen LogP contribution in [-0.2, 0) is 6.54 Å². The minimum Gasteiger partial charge on any atom is -0.491 e. The fraction of sp³-hybridized carbons (Fsp3) is 0.308. The second kappa shape index (κ2) is 5.53. The molecule has 0 saturated heterocycles. The Hall–Kier alpha value is -2.04. The van der Waals surface area contributed by atoms with Crippen LogP contribution in [0.4, 0.5) is 10.1 Å². The molecule has 0 aliphatic rings. The molecule has 0 fully saturated rings. The smallest absolute Gasteiger partial charge is 0.128 e. The van der Waals surface area contributed by atoms with E-state index in [0.717, 1.165) is 5.82 Å². The standard InChI is InChI=1S/C13H16FN3O/c1-9(2)18-12-6-10(14)5-11(7-12)17-8-13-15-3-4-16-13/h3-7,9,17H,8H2,1-2H3,(H,15,16). The first kappa shape index (κ1) is 12.4. The minimum absolute atomic E-state index is 0.0183. The molecule has 0 saturated carbocycles. The van der Waals surface area contributed by atoms with E-state index < -0.39 is 0 Å². The van der Waals surface area contributed by atoms with Crippen LogP contribution in [0, 0.1) is 5.82 Å². The van der Waals surface area contributed by atoms with Crippen molar-refractivity contribution in [2.45, 2.75) is 26.5 Å². The van der Waals surface area contributed by atoms with Crippen molar-refractivity contribution in [3.63, 3.8) is 0 Å². The molecule has 1 aromatic carbocycles. The Morgan fingerprint density at radius 3 is 2.89 bits per heavy atom. The van der Waals surface area contributed by atoms with E-state index in [0.29, 0.717) is 18.0 Å². The third kappa shape index (κ3) is 3.48. The molecule has 18 heavy (non-hydrogen) atoms. The maximum Gasteiger partial charge on any atom is 0.128 e. The number of hydrogen-bond acceptors (Lipinski definition) is 3. The summed E-state index contributed by atoms with van der Waals surface area (Å²) >= 11 is 0. The maximum absolute atomic E-state index is 13.4. The highest BCUT2D eigenvalue weighted by atomic mass is 19.1. The number of benzene rings is 1. The van der Waals surface area contributed by atoms with Crippen molar-refractivity contribution >= 4 is 5.69 Å². The molecule has 96 valence electrons. The van der Waals surface area contributed by atoms with Crippen LogP contribution in [0.2, 0.25) is 0 Å². The summed E-state index contributed by atoms with van der Waals surface area (Å²) in [5.74, 6) is 0.993. The van der Waals surface area contributed by atoms with E-state index in [9.17, 15) is 4.39 Å². The number of anilines is 1. The van der Waals surface area contributed by atoms with Crippen LogP contribution < -0.4 is 10.1 Å². The van der Waals surface area contributed by atoms with Crippen molar-refractivity contribution in [3.8, 4) is 5.75 Å². The van der Waals surface area contributed by atoms with Gasteiger partial charge >= 0.3 is 0 Å². The number of ether oxygens (including phenoxy) is 1. The van der Waals surface area contributed by atoms with Crippen LogP contribution in [0.1, 0.15) is 19.7 Å². The highest BCUT2D eigenvalue weighted by Gasteiger charge is 2.04. The van der Waals surface area contributed by atoms with Gasteiger partial charge in [0.25, 0.3) is 0 Å². The molecule has 0 bridgehead atoms. The van der Waals surface area contributed by atoms with Gasteiger partial charge < -0.3 is 15.0 Å². The van der Waals surface area contributed by atoms with Crippen LogP contribution >= 0.6 is 0 Å². The lowest BCUT2D eigenvalue weighted by atomic mass is 10.3. The van der Waals surface area contributed by atoms with Gasteiger partial charge in [0.2, 0.25) is 0 Å². The largest absolute Gasteiger partial charge is 0.491 e. The first-order valence-electron chi connectivity index (χ1n) is 5.83. The lowest BCUT2D eigenvalue weighted by molar-refractivity contribution is 0.241. The summed E-state index contributed by atoms with van der Waals surface area (Å²) in [6.07, 6.45) is 3.44. The number of imidazole rings is 1. The third-order valence-corrected chi connectivity index (χ3v) is 2.26. The summed E-state index contributed by atoms with van der Waals surface area (Å²) in [7, 11) is 0. The van der Waals surface area contributed by atoms with E-state index in [4.69, 9.17) is 4.74 Å². The first-order valence-corrected chi connectivity index (χ1v) is 5.83. The lowest BCUT2D eigenvalue weighted by Gasteiger charge is -2.12. The second-order valence-corrected chi connectivity index (χ2v) is 4.23. The summed E-state index contributed by atoms with van der Waals surface area (Å²) in [5, 5.41) is 3.09. The van der Waals surface area contributed by atoms with Gasteiger partial charge in [0.1, 0.15) is 17.4 Å². The zero-order chi connectivity index (χ0) is 13.0. The molecule has 4 nitrogen and oxygen atoms in total. The Balaban J connectivity index is 2.05. The highest BCUT2D eigenvalue weighted by molar-refractivity contribution is 5.48. The van der Waals surface area contributed by atoms with E-state index >= 15 is 0 Å². The van der Waals surface area contributed by atoms with Crippen LogP contribution in [-0.4, -0.2) is 16.1 Å². The Kier molecular flexibility index (Phi) is 3.82. The van der Waals surface area contributed by atoms with Crippen molar-refractivity contribution in [3.05, 3.63) is 42.2 Å². The van der Waals surface area contributed by atoms with Gasteiger partial charge in [-0.3, -0.25) is 0 Å². The van der Waals surface area contributed by atoms with E-state index in [-0.39, 0.29) is 11.9 Å². The van der Waals surface area contributed by atoms with E-state index in [1.54, 1.807) is 18.5 Å². The predicted octanol–water partition coefficient (Wildman–Crippen LogP) is 2.95. The molecule has 0 aliphatic heterocycles. The van der Waals surface area contributed by atoms with Gasteiger partial charge in [-0.1, -0.05) is 0 Å². The summed E-state index contributed by atoms with van der Waals surface area (Å²) in [4.78, 5) is 7.05. The molecule has 0 amide bonds. The van der Waals surface area contributed by atoms with Crippen LogP contribution in [0.3, 0.4) is 0 Å². The van der Waals surface area contributed by atoms with E-state index in [2.05, 4.69) is 15.3 Å². The topological polar surface area (TPSA) is 49.9 Å². The zero-order valence-electron chi connectivity index (χ0n) is 10.4. The lowest BCUT2D eigenvalue weighted by Crippen LogP contribution is -2.07. The third-order valence-electron chi connectivity index (χ3n) is 2.26. The summed E-state index contributed by atoms with van der Waals surface area (Å²) in [5.41, 5.74) is 0.669. The molecule has 1 aromatic heterocycles. The Bertz CT molecular complexity index is 497. The van der Waals surface area contributed by atoms with Gasteiger partial charge in [0.15, 0.2) is 0 Å². The van der Waals surface area contributed by atoms with E-state index in [1.807, 2.05) is 13.8 Å². The summed E-state index contributed by atoms with van der Waals surface area (Å²) < 4.78 is 18.9. The van der Waals surface area contributed by atoms with Crippen LogP contribution in [0.25, 0.3) is 0 Å². The van der Waals surface area contributed by atoms with Gasteiger partial charge in [-0.25, -0.2) is 9.37 Å². The number of nitrogens with one attached hydrogen (secondary N) is 2. The van der Waals surface area contributed by atoms with Crippen molar-refractivity contribution in [2.24, 2.45) is 0 Å². The highest BCUT2D eigenvalue weighted by Crippen LogP contribution is 2.21. The Labute approximate surface area is 105 Å². The molecule has 2 rings (SSSR count). The molecule has 0 unspecified atom stereocenters. The second-order valence-electron chi connectivity index (χ2n) is 4.23. The quantitative estimate of drug-likeness (QED) is 0.856. The number of aromatic nitrogens is 2. The molecule has 0 aliphatic carbocycles. The fourth-order valence-corrected chi connectivity index (χ4v) is 1.59. The molecule has 0 atom stereocenters. The molecule has 5 heteroatoms. The number of nitrogens with zero attached hydrogens (tertiary/aromatic N) is 1. The molecular weight excluding hydrogens is 233 g/mol. The normalized spacial score (nSPS) is 10.7. The molecule has 1 heterocycles. The number of hydrogen-bond donors (Lipinski definition) is 2. The predicted molar refractivity (Wildman–Crippen MR) is 68.1 cm³/mol. The number of H-pyrrole nitrogens is 1. The van der Waals surface area contributed by atoms with Gasteiger partial charge in [-0.05, 0) is 19.9 Å². The molecule has 0 radical (unpaired) electrons. The van der Waals surface area contributed by atoms with Crippen LogP contribution in [0.15, 0.2) is 30.6 Å². The van der Waals surface area contributed by atoms with Gasteiger partial charge in [0.05, 0.1) is 12.6 Å².